The van der Waals surface area contributed by atoms with Gasteiger partial charge in [-0.1, -0.05) is 24.9 Å². The summed E-state index contributed by atoms with van der Waals surface area (Å²) in [4.78, 5) is 1.44. The summed E-state index contributed by atoms with van der Waals surface area (Å²) in [5.41, 5.74) is 0. The molecule has 1 nitrogen and oxygen atoms in total. The molecule has 0 radical (unpaired) electrons. The first-order valence-corrected chi connectivity index (χ1v) is 7.96. The van der Waals surface area contributed by atoms with Crippen LogP contribution in [0.25, 0.3) is 0 Å². The van der Waals surface area contributed by atoms with Crippen LogP contribution in [0.3, 0.4) is 0 Å². The molecular formula is C14H20ClNS. The first kappa shape index (κ1) is 12.0. The molecule has 1 aromatic rings. The molecule has 17 heavy (non-hydrogen) atoms. The topological polar surface area (TPSA) is 12.0 Å². The monoisotopic (exact) mass is 269 g/mol. The molecule has 0 aromatic carbocycles. The van der Waals surface area contributed by atoms with Gasteiger partial charge in [0.2, 0.25) is 0 Å². The molecule has 2 bridgehead atoms. The Labute approximate surface area is 113 Å². The molecular weight excluding hydrogens is 250 g/mol. The highest BCUT2D eigenvalue weighted by Crippen LogP contribution is 2.53. The molecule has 2 aliphatic rings. The van der Waals surface area contributed by atoms with E-state index in [1.807, 2.05) is 6.07 Å². The molecule has 4 atom stereocenters. The summed E-state index contributed by atoms with van der Waals surface area (Å²) in [6.07, 6.45) is 5.84. The number of hydrogen-bond acceptors (Lipinski definition) is 2. The third-order valence-electron chi connectivity index (χ3n) is 4.55. The molecule has 0 amide bonds. The van der Waals surface area contributed by atoms with E-state index in [9.17, 15) is 0 Å². The van der Waals surface area contributed by atoms with E-state index in [2.05, 4.69) is 18.3 Å². The zero-order valence-corrected chi connectivity index (χ0v) is 11.9. The lowest BCUT2D eigenvalue weighted by Crippen LogP contribution is -2.30. The van der Waals surface area contributed by atoms with Crippen molar-refractivity contribution in [3.63, 3.8) is 0 Å². The summed E-state index contributed by atoms with van der Waals surface area (Å²) in [6.45, 7) is 3.25. The maximum Gasteiger partial charge on any atom is 0.0931 e. The van der Waals surface area contributed by atoms with Crippen LogP contribution in [0.1, 0.15) is 43.5 Å². The predicted molar refractivity (Wildman–Crippen MR) is 74.7 cm³/mol. The van der Waals surface area contributed by atoms with Crippen molar-refractivity contribution in [1.82, 2.24) is 5.32 Å². The van der Waals surface area contributed by atoms with Crippen LogP contribution < -0.4 is 5.32 Å². The quantitative estimate of drug-likeness (QED) is 0.849. The largest absolute Gasteiger partial charge is 0.309 e. The molecule has 3 rings (SSSR count). The first-order chi connectivity index (χ1) is 8.28. The van der Waals surface area contributed by atoms with Crippen LogP contribution >= 0.6 is 22.9 Å². The van der Waals surface area contributed by atoms with Crippen molar-refractivity contribution in [2.75, 3.05) is 6.54 Å². The molecule has 1 N–H and O–H groups in total. The Morgan fingerprint density at radius 2 is 2.29 bits per heavy atom. The normalized spacial score (nSPS) is 33.2. The van der Waals surface area contributed by atoms with Crippen LogP contribution in [0, 0.1) is 17.8 Å². The highest BCUT2D eigenvalue weighted by molar-refractivity contribution is 7.16. The summed E-state index contributed by atoms with van der Waals surface area (Å²) in [5.74, 6) is 2.83. The van der Waals surface area contributed by atoms with Gasteiger partial charge in [0.05, 0.1) is 4.34 Å². The third-order valence-corrected chi connectivity index (χ3v) is 5.86. The lowest BCUT2D eigenvalue weighted by molar-refractivity contribution is 0.256. The van der Waals surface area contributed by atoms with Gasteiger partial charge in [-0.3, -0.25) is 0 Å². The van der Waals surface area contributed by atoms with Crippen molar-refractivity contribution in [2.45, 2.75) is 38.6 Å². The lowest BCUT2D eigenvalue weighted by atomic mass is 9.82. The van der Waals surface area contributed by atoms with Crippen molar-refractivity contribution in [2.24, 2.45) is 17.8 Å². The van der Waals surface area contributed by atoms with E-state index in [4.69, 9.17) is 11.6 Å². The number of thiophene rings is 1. The van der Waals surface area contributed by atoms with Crippen LogP contribution in [-0.2, 0) is 0 Å². The van der Waals surface area contributed by atoms with E-state index < -0.39 is 0 Å². The third kappa shape index (κ3) is 2.27. The van der Waals surface area contributed by atoms with Gasteiger partial charge in [-0.05, 0) is 55.7 Å². The number of hydrogen-bond donors (Lipinski definition) is 1. The van der Waals surface area contributed by atoms with E-state index in [1.165, 1.54) is 30.6 Å². The lowest BCUT2D eigenvalue weighted by Gasteiger charge is -2.30. The average molecular weight is 270 g/mol. The van der Waals surface area contributed by atoms with Gasteiger partial charge in [-0.25, -0.2) is 0 Å². The summed E-state index contributed by atoms with van der Waals surface area (Å²) in [6, 6.07) is 4.80. The molecule has 0 saturated heterocycles. The predicted octanol–water partition coefficient (Wildman–Crippen LogP) is 4.49. The summed E-state index contributed by atoms with van der Waals surface area (Å²) >= 11 is 7.83. The summed E-state index contributed by atoms with van der Waals surface area (Å²) in [5, 5.41) is 3.69. The Morgan fingerprint density at radius 3 is 2.82 bits per heavy atom. The van der Waals surface area contributed by atoms with Crippen molar-refractivity contribution >= 4 is 22.9 Å². The molecule has 0 aliphatic heterocycles. The second-order valence-corrected chi connectivity index (χ2v) is 7.26. The fraction of sp³-hybridized carbons (Fsp3) is 0.714. The van der Waals surface area contributed by atoms with Crippen LogP contribution in [0.2, 0.25) is 4.34 Å². The average Bonchev–Trinajstić information content (AvgIpc) is 3.01. The zero-order chi connectivity index (χ0) is 11.8. The zero-order valence-electron chi connectivity index (χ0n) is 10.3. The van der Waals surface area contributed by atoms with E-state index in [-0.39, 0.29) is 0 Å². The fourth-order valence-corrected chi connectivity index (χ4v) is 5.09. The molecule has 2 fully saturated rings. The summed E-state index contributed by atoms with van der Waals surface area (Å²) in [7, 11) is 0. The Bertz CT molecular complexity index is 389. The molecule has 2 aliphatic carbocycles. The highest BCUT2D eigenvalue weighted by atomic mass is 35.5. The second kappa shape index (κ2) is 4.91. The maximum atomic E-state index is 6.08. The molecule has 3 heteroatoms. The fourth-order valence-electron chi connectivity index (χ4n) is 3.88. The van der Waals surface area contributed by atoms with Crippen molar-refractivity contribution in [3.8, 4) is 0 Å². The van der Waals surface area contributed by atoms with Gasteiger partial charge >= 0.3 is 0 Å². The molecule has 4 unspecified atom stereocenters. The highest BCUT2D eigenvalue weighted by Gasteiger charge is 2.43. The van der Waals surface area contributed by atoms with Gasteiger partial charge in [0, 0.05) is 10.9 Å². The van der Waals surface area contributed by atoms with Crippen LogP contribution in [0.4, 0.5) is 0 Å². The maximum absolute atomic E-state index is 6.08. The van der Waals surface area contributed by atoms with Gasteiger partial charge in [-0.15, -0.1) is 11.3 Å². The van der Waals surface area contributed by atoms with E-state index in [0.29, 0.717) is 6.04 Å². The first-order valence-electron chi connectivity index (χ1n) is 6.76. The number of halogens is 1. The van der Waals surface area contributed by atoms with Gasteiger partial charge in [0.1, 0.15) is 0 Å². The van der Waals surface area contributed by atoms with Crippen LogP contribution in [0.5, 0.6) is 0 Å². The Morgan fingerprint density at radius 1 is 1.41 bits per heavy atom. The minimum atomic E-state index is 0.549. The molecule has 1 heterocycles. The number of rotatable bonds is 4. The molecule has 94 valence electrons. The molecule has 2 saturated carbocycles. The van der Waals surface area contributed by atoms with Crippen molar-refractivity contribution in [1.29, 1.82) is 0 Å². The molecule has 1 aromatic heterocycles. The molecule has 0 spiro atoms. The Kier molecular flexibility index (Phi) is 3.47. The number of nitrogens with one attached hydrogen (secondary N) is 1. The Hall–Kier alpha value is -0.0500. The standard InChI is InChI=1S/C14H20ClNS/c1-2-16-14(12-5-6-13(15)17-12)11-8-9-3-4-10(11)7-9/h5-6,9-11,14,16H,2-4,7-8H2,1H3. The Balaban J connectivity index is 1.80. The van der Waals surface area contributed by atoms with Gasteiger partial charge in [0.25, 0.3) is 0 Å². The van der Waals surface area contributed by atoms with Crippen molar-refractivity contribution < 1.29 is 0 Å². The van der Waals surface area contributed by atoms with Crippen molar-refractivity contribution in [3.05, 3.63) is 21.3 Å². The van der Waals surface area contributed by atoms with Gasteiger partial charge in [0.15, 0.2) is 0 Å². The minimum Gasteiger partial charge on any atom is -0.309 e. The van der Waals surface area contributed by atoms with Crippen LogP contribution in [-0.4, -0.2) is 6.54 Å². The number of fused-ring (bicyclic) bond motifs is 2. The van der Waals surface area contributed by atoms with E-state index in [0.717, 1.165) is 28.6 Å². The second-order valence-electron chi connectivity index (χ2n) is 5.52. The van der Waals surface area contributed by atoms with Crippen LogP contribution in [0.15, 0.2) is 12.1 Å². The van der Waals surface area contributed by atoms with E-state index in [1.54, 1.807) is 11.3 Å². The van der Waals surface area contributed by atoms with Gasteiger partial charge < -0.3 is 5.32 Å². The van der Waals surface area contributed by atoms with Gasteiger partial charge in [-0.2, -0.15) is 0 Å². The minimum absolute atomic E-state index is 0.549. The van der Waals surface area contributed by atoms with E-state index >= 15 is 0 Å². The smallest absolute Gasteiger partial charge is 0.0931 e. The SMILES string of the molecule is CCNC(c1ccc(Cl)s1)C1CC2CCC1C2. The summed E-state index contributed by atoms with van der Waals surface area (Å²) < 4.78 is 0.922.